The van der Waals surface area contributed by atoms with E-state index in [1.54, 1.807) is 4.90 Å². The predicted molar refractivity (Wildman–Crippen MR) is 121 cm³/mol. The Morgan fingerprint density at radius 2 is 1.89 bits per heavy atom. The highest BCUT2D eigenvalue weighted by Gasteiger charge is 2.28. The number of hydrogen-bond donors (Lipinski definition) is 2. The van der Waals surface area contributed by atoms with Crippen LogP contribution in [0.3, 0.4) is 0 Å². The van der Waals surface area contributed by atoms with Crippen molar-refractivity contribution in [2.24, 2.45) is 10.7 Å². The smallest absolute Gasteiger partial charge is 0.410 e. The van der Waals surface area contributed by atoms with Crippen molar-refractivity contribution >= 4 is 27.7 Å². The number of allylic oxidation sites excluding steroid dienone is 4. The van der Waals surface area contributed by atoms with Gasteiger partial charge in [0.25, 0.3) is 0 Å². The summed E-state index contributed by atoms with van der Waals surface area (Å²) in [6.07, 6.45) is 5.22. The minimum atomic E-state index is -0.558. The van der Waals surface area contributed by atoms with Gasteiger partial charge in [-0.1, -0.05) is 42.3 Å². The highest BCUT2D eigenvalue weighted by molar-refractivity contribution is 9.11. The summed E-state index contributed by atoms with van der Waals surface area (Å²) in [4.78, 5) is 18.5. The fourth-order valence-electron chi connectivity index (χ4n) is 2.23. The van der Waals surface area contributed by atoms with Crippen LogP contribution in [0.4, 0.5) is 4.79 Å². The van der Waals surface area contributed by atoms with Crippen molar-refractivity contribution in [3.63, 3.8) is 0 Å². The summed E-state index contributed by atoms with van der Waals surface area (Å²) in [6.45, 7) is 14.1. The van der Waals surface area contributed by atoms with Crippen LogP contribution >= 0.6 is 15.9 Å². The molecule has 3 N–H and O–H groups in total. The minimum Gasteiger partial charge on any atom is -0.444 e. The van der Waals surface area contributed by atoms with Crippen LogP contribution in [0.1, 0.15) is 61.3 Å². The topological polar surface area (TPSA) is 88.2 Å². The lowest BCUT2D eigenvalue weighted by Gasteiger charge is -2.32. The van der Waals surface area contributed by atoms with Gasteiger partial charge in [0.1, 0.15) is 5.60 Å². The van der Waals surface area contributed by atoms with Crippen LogP contribution in [0.5, 0.6) is 0 Å². The Labute approximate surface area is 178 Å². The summed E-state index contributed by atoms with van der Waals surface area (Å²) in [5, 5.41) is 9.42. The highest BCUT2D eigenvalue weighted by Crippen LogP contribution is 2.20. The van der Waals surface area contributed by atoms with Crippen molar-refractivity contribution in [1.82, 2.24) is 4.90 Å². The number of likely N-dealkylation sites (tertiary alicyclic amines) is 1. The van der Waals surface area contributed by atoms with Crippen LogP contribution in [0.15, 0.2) is 38.6 Å². The molecule has 1 fully saturated rings. The number of rotatable bonds is 3. The van der Waals surface area contributed by atoms with Gasteiger partial charge in [0.2, 0.25) is 0 Å². The number of piperidine rings is 1. The lowest BCUT2D eigenvalue weighted by atomic mass is 10.00. The Balaban J connectivity index is 0.00000227. The summed E-state index contributed by atoms with van der Waals surface area (Å²) in [5.74, 6) is 0. The zero-order valence-electron chi connectivity index (χ0n) is 18.3. The van der Waals surface area contributed by atoms with E-state index in [9.17, 15) is 9.90 Å². The Kier molecular flexibility index (Phi) is 12.0. The molecule has 28 heavy (non-hydrogen) atoms. The maximum atomic E-state index is 12.3. The number of aliphatic hydroxyl groups is 1. The molecule has 6 nitrogen and oxygen atoms in total. The summed E-state index contributed by atoms with van der Waals surface area (Å²) in [5.41, 5.74) is 8.03. The molecular weight excluding hydrogens is 422 g/mol. The number of hydrogen-bond acceptors (Lipinski definition) is 5. The van der Waals surface area contributed by atoms with Gasteiger partial charge in [-0.3, -0.25) is 4.99 Å². The van der Waals surface area contributed by atoms with E-state index in [1.807, 2.05) is 46.8 Å². The van der Waals surface area contributed by atoms with Crippen molar-refractivity contribution in [2.45, 2.75) is 66.9 Å². The Morgan fingerprint density at radius 3 is 2.36 bits per heavy atom. The molecule has 0 aromatic rings. The van der Waals surface area contributed by atoms with Crippen LogP contribution in [-0.4, -0.2) is 47.1 Å². The second kappa shape index (κ2) is 12.8. The molecule has 7 heteroatoms. The van der Waals surface area contributed by atoms with E-state index in [1.165, 1.54) is 6.42 Å². The fraction of sp³-hybridized carbons (Fsp3) is 0.619. The van der Waals surface area contributed by atoms with Crippen LogP contribution in [-0.2, 0) is 4.74 Å². The van der Waals surface area contributed by atoms with E-state index < -0.39 is 5.60 Å². The normalized spacial score (nSPS) is 19.2. The molecule has 1 amide bonds. The van der Waals surface area contributed by atoms with Crippen LogP contribution in [0.2, 0.25) is 0 Å². The first kappa shape index (κ1) is 26.4. The van der Waals surface area contributed by atoms with E-state index in [2.05, 4.69) is 34.8 Å². The summed E-state index contributed by atoms with van der Waals surface area (Å²) >= 11 is 3.37. The number of aliphatic imine (C=N–C) groups is 1. The Hall–Kier alpha value is -1.60. The number of halogens is 1. The first-order valence-corrected chi connectivity index (χ1v) is 10.4. The molecule has 1 heterocycles. The Morgan fingerprint density at radius 1 is 1.32 bits per heavy atom. The molecule has 1 aliphatic rings. The lowest BCUT2D eigenvalue weighted by molar-refractivity contribution is 0.0266. The molecule has 0 atom stereocenters. The minimum absolute atomic E-state index is 0.278. The summed E-state index contributed by atoms with van der Waals surface area (Å²) < 4.78 is 6.41. The number of nitrogens with zero attached hydrogens (tertiary/aromatic N) is 2. The molecule has 0 aliphatic carbocycles. The largest absolute Gasteiger partial charge is 0.444 e. The van der Waals surface area contributed by atoms with E-state index in [0.29, 0.717) is 24.2 Å². The number of amides is 1. The van der Waals surface area contributed by atoms with Crippen molar-refractivity contribution < 1.29 is 14.6 Å². The fourth-order valence-corrected chi connectivity index (χ4v) is 2.36. The standard InChI is InChI=1S/C18H28BrN3O3.C3H8/c1-12(19)6-7-13(2)21-16-8-9-22(10-14(16)15(20)11-23)17(24)25-18(3,4)5;1-3-2/h6-7,23H,8-11,20H2,1-5H3;3H2,1-2H3/b12-6+,13-7+,15-14-,21-16-;. The second-order valence-electron chi connectivity index (χ2n) is 7.64. The molecule has 1 rings (SSSR count). The second-order valence-corrected chi connectivity index (χ2v) is 8.89. The summed E-state index contributed by atoms with van der Waals surface area (Å²) in [7, 11) is 0. The first-order valence-electron chi connectivity index (χ1n) is 9.60. The third-order valence-corrected chi connectivity index (χ3v) is 3.66. The first-order chi connectivity index (χ1) is 12.9. The van der Waals surface area contributed by atoms with Crippen molar-refractivity contribution in [3.8, 4) is 0 Å². The van der Waals surface area contributed by atoms with Crippen molar-refractivity contribution in [3.05, 3.63) is 33.6 Å². The molecule has 0 aromatic heterocycles. The van der Waals surface area contributed by atoms with E-state index >= 15 is 0 Å². The number of ether oxygens (including phenoxy) is 1. The lowest BCUT2D eigenvalue weighted by Crippen LogP contribution is -2.44. The van der Waals surface area contributed by atoms with Crippen LogP contribution in [0, 0.1) is 0 Å². The number of nitrogens with two attached hydrogens (primary N) is 1. The monoisotopic (exact) mass is 457 g/mol. The van der Waals surface area contributed by atoms with Gasteiger partial charge >= 0.3 is 6.09 Å². The molecule has 0 radical (unpaired) electrons. The summed E-state index contributed by atoms with van der Waals surface area (Å²) in [6, 6.07) is 0. The maximum Gasteiger partial charge on any atom is 0.410 e. The molecule has 160 valence electrons. The third kappa shape index (κ3) is 10.7. The molecular formula is C21H36BrN3O3. The van der Waals surface area contributed by atoms with E-state index in [0.717, 1.165) is 15.9 Å². The van der Waals surface area contributed by atoms with E-state index in [-0.39, 0.29) is 19.2 Å². The van der Waals surface area contributed by atoms with Gasteiger partial charge in [0.15, 0.2) is 0 Å². The predicted octanol–water partition coefficient (Wildman–Crippen LogP) is 4.89. The molecule has 0 bridgehead atoms. The molecule has 0 spiro atoms. The van der Waals surface area contributed by atoms with Crippen LogP contribution < -0.4 is 5.73 Å². The Bertz CT molecular complexity index is 640. The van der Waals surface area contributed by atoms with Gasteiger partial charge in [-0.2, -0.15) is 0 Å². The highest BCUT2D eigenvalue weighted by atomic mass is 79.9. The molecule has 1 saturated heterocycles. The van der Waals surface area contributed by atoms with Gasteiger partial charge in [-0.15, -0.1) is 0 Å². The maximum absolute atomic E-state index is 12.3. The quantitative estimate of drug-likeness (QED) is 0.590. The van der Waals surface area contributed by atoms with E-state index in [4.69, 9.17) is 10.5 Å². The van der Waals surface area contributed by atoms with Gasteiger partial charge in [-0.05, 0) is 45.2 Å². The molecule has 0 unspecified atom stereocenters. The zero-order chi connectivity index (χ0) is 21.9. The van der Waals surface area contributed by atoms with Crippen molar-refractivity contribution in [1.29, 1.82) is 0 Å². The number of carbonyl (C=O) groups is 1. The number of aliphatic hydroxyl groups excluding tert-OH is 1. The van der Waals surface area contributed by atoms with Crippen molar-refractivity contribution in [2.75, 3.05) is 19.7 Å². The third-order valence-electron chi connectivity index (χ3n) is 3.39. The molecule has 0 aromatic carbocycles. The van der Waals surface area contributed by atoms with Crippen LogP contribution in [0.25, 0.3) is 0 Å². The van der Waals surface area contributed by atoms with Gasteiger partial charge in [0, 0.05) is 35.6 Å². The zero-order valence-corrected chi connectivity index (χ0v) is 19.9. The average Bonchev–Trinajstić information content (AvgIpc) is 2.58. The number of carbonyl (C=O) groups excluding carboxylic acids is 1. The average molecular weight is 458 g/mol. The molecule has 1 aliphatic heterocycles. The van der Waals surface area contributed by atoms with Gasteiger partial charge in [0.05, 0.1) is 13.2 Å². The SMILES string of the molecule is CCC.C\C(Br)=C/C=C(C)/N=C1/CCN(C(=O)OC(C)(C)C)C/C1=C(/N)CO. The van der Waals surface area contributed by atoms with Gasteiger partial charge in [-0.25, -0.2) is 4.79 Å². The van der Waals surface area contributed by atoms with Gasteiger partial charge < -0.3 is 20.5 Å². The molecule has 0 saturated carbocycles.